The van der Waals surface area contributed by atoms with Gasteiger partial charge in [-0.05, 0) is 42.0 Å². The molecule has 0 radical (unpaired) electrons. The van der Waals surface area contributed by atoms with Gasteiger partial charge >= 0.3 is 6.18 Å². The maximum Gasteiger partial charge on any atom is 0.416 e. The van der Waals surface area contributed by atoms with E-state index in [9.17, 15) is 18.0 Å². The van der Waals surface area contributed by atoms with E-state index < -0.39 is 17.6 Å². The highest BCUT2D eigenvalue weighted by Gasteiger charge is 2.31. The van der Waals surface area contributed by atoms with Gasteiger partial charge in [0.15, 0.2) is 0 Å². The third-order valence-corrected chi connectivity index (χ3v) is 4.56. The number of aromatic nitrogens is 2. The molecular weight excluding hydrogens is 416 g/mol. The van der Waals surface area contributed by atoms with Gasteiger partial charge in [-0.1, -0.05) is 29.3 Å². The average Bonchev–Trinajstić information content (AvgIpc) is 2.98. The molecule has 0 aliphatic rings. The Kier molecular flexibility index (Phi) is 5.64. The molecule has 0 aliphatic heterocycles. The standard InChI is InChI=1S/C18H13Cl2F3N4O/c19-12-3-1-10(14(20)8-12)9-27-16-7-11(18(21,22)23)2-4-13(16)15(26-27)5-6-17(28)25-24/h1-8H,9,24H2,(H,25,28). The largest absolute Gasteiger partial charge is 0.416 e. The van der Waals surface area contributed by atoms with Crippen LogP contribution in [0.4, 0.5) is 13.2 Å². The summed E-state index contributed by atoms with van der Waals surface area (Å²) in [4.78, 5) is 11.3. The van der Waals surface area contributed by atoms with Gasteiger partial charge in [-0.3, -0.25) is 14.9 Å². The zero-order valence-corrected chi connectivity index (χ0v) is 15.6. The predicted molar refractivity (Wildman–Crippen MR) is 102 cm³/mol. The normalized spacial score (nSPS) is 12.1. The minimum atomic E-state index is -4.50. The lowest BCUT2D eigenvalue weighted by molar-refractivity contribution is -0.137. The highest BCUT2D eigenvalue weighted by molar-refractivity contribution is 6.35. The topological polar surface area (TPSA) is 72.9 Å². The maximum absolute atomic E-state index is 13.1. The van der Waals surface area contributed by atoms with Crippen molar-refractivity contribution in [1.82, 2.24) is 15.2 Å². The van der Waals surface area contributed by atoms with Crippen LogP contribution >= 0.6 is 23.2 Å². The lowest BCUT2D eigenvalue weighted by Crippen LogP contribution is -2.27. The van der Waals surface area contributed by atoms with Crippen LogP contribution in [0.2, 0.25) is 10.0 Å². The summed E-state index contributed by atoms with van der Waals surface area (Å²) in [5, 5.41) is 5.57. The molecule has 3 rings (SSSR count). The molecule has 0 saturated carbocycles. The van der Waals surface area contributed by atoms with Crippen LogP contribution in [0.25, 0.3) is 17.0 Å². The van der Waals surface area contributed by atoms with Crippen molar-refractivity contribution < 1.29 is 18.0 Å². The monoisotopic (exact) mass is 428 g/mol. The van der Waals surface area contributed by atoms with Crippen LogP contribution in [0, 0.1) is 0 Å². The number of benzene rings is 2. The van der Waals surface area contributed by atoms with E-state index in [-0.39, 0.29) is 12.1 Å². The molecule has 0 atom stereocenters. The Morgan fingerprint density at radius 3 is 2.61 bits per heavy atom. The van der Waals surface area contributed by atoms with Crippen LogP contribution in [0.3, 0.4) is 0 Å². The van der Waals surface area contributed by atoms with E-state index >= 15 is 0 Å². The van der Waals surface area contributed by atoms with Crippen molar-refractivity contribution in [2.24, 2.45) is 5.84 Å². The maximum atomic E-state index is 13.1. The van der Waals surface area contributed by atoms with Crippen LogP contribution in [0.15, 0.2) is 42.5 Å². The van der Waals surface area contributed by atoms with E-state index in [1.54, 1.807) is 12.1 Å². The van der Waals surface area contributed by atoms with E-state index in [1.165, 1.54) is 22.9 Å². The smallest absolute Gasteiger partial charge is 0.291 e. The van der Waals surface area contributed by atoms with Crippen molar-refractivity contribution in [3.63, 3.8) is 0 Å². The van der Waals surface area contributed by atoms with Gasteiger partial charge in [-0.2, -0.15) is 18.3 Å². The summed E-state index contributed by atoms with van der Waals surface area (Å²) in [7, 11) is 0. The first-order valence-electron chi connectivity index (χ1n) is 7.89. The predicted octanol–water partition coefficient (Wildman–Crippen LogP) is 4.41. The summed E-state index contributed by atoms with van der Waals surface area (Å²) in [5.74, 6) is 4.45. The molecule has 0 aliphatic carbocycles. The molecule has 3 aromatic rings. The van der Waals surface area contributed by atoms with Crippen molar-refractivity contribution in [2.45, 2.75) is 12.7 Å². The zero-order chi connectivity index (χ0) is 20.5. The van der Waals surface area contributed by atoms with Gasteiger partial charge in [0.1, 0.15) is 0 Å². The molecule has 2 aromatic carbocycles. The molecular formula is C18H13Cl2F3N4O. The van der Waals surface area contributed by atoms with Crippen molar-refractivity contribution in [3.05, 3.63) is 69.3 Å². The van der Waals surface area contributed by atoms with E-state index in [1.807, 2.05) is 5.43 Å². The number of nitrogens with one attached hydrogen (secondary N) is 1. The molecule has 0 fully saturated rings. The van der Waals surface area contributed by atoms with E-state index in [4.69, 9.17) is 29.0 Å². The van der Waals surface area contributed by atoms with Crippen LogP contribution in [-0.4, -0.2) is 15.7 Å². The lowest BCUT2D eigenvalue weighted by atomic mass is 10.1. The van der Waals surface area contributed by atoms with E-state index in [0.717, 1.165) is 18.2 Å². The zero-order valence-electron chi connectivity index (χ0n) is 14.1. The Morgan fingerprint density at radius 2 is 1.96 bits per heavy atom. The first-order chi connectivity index (χ1) is 13.2. The molecule has 1 heterocycles. The van der Waals surface area contributed by atoms with Gasteiger partial charge in [0.25, 0.3) is 5.91 Å². The molecule has 0 bridgehead atoms. The number of amides is 1. The number of fused-ring (bicyclic) bond motifs is 1. The summed E-state index contributed by atoms with van der Waals surface area (Å²) in [6, 6.07) is 8.12. The van der Waals surface area contributed by atoms with Crippen molar-refractivity contribution in [3.8, 4) is 0 Å². The van der Waals surface area contributed by atoms with Crippen LogP contribution < -0.4 is 11.3 Å². The van der Waals surface area contributed by atoms with Crippen molar-refractivity contribution >= 4 is 46.1 Å². The first kappa shape index (κ1) is 20.2. The second-order valence-electron chi connectivity index (χ2n) is 5.85. The number of nitrogens with zero attached hydrogens (tertiary/aromatic N) is 2. The van der Waals surface area contributed by atoms with Gasteiger partial charge in [0.2, 0.25) is 0 Å². The number of rotatable bonds is 4. The molecule has 5 nitrogen and oxygen atoms in total. The minimum Gasteiger partial charge on any atom is -0.291 e. The molecule has 3 N–H and O–H groups in total. The summed E-state index contributed by atoms with van der Waals surface area (Å²) >= 11 is 12.1. The highest BCUT2D eigenvalue weighted by atomic mass is 35.5. The fourth-order valence-electron chi connectivity index (χ4n) is 2.63. The molecule has 10 heteroatoms. The number of hydrogen-bond donors (Lipinski definition) is 2. The number of carbonyl (C=O) groups excluding carboxylic acids is 1. The summed E-state index contributed by atoms with van der Waals surface area (Å²) in [6.07, 6.45) is -1.99. The van der Waals surface area contributed by atoms with Crippen LogP contribution in [0.5, 0.6) is 0 Å². The second kappa shape index (κ2) is 7.83. The number of nitrogens with two attached hydrogens (primary N) is 1. The summed E-state index contributed by atoms with van der Waals surface area (Å²) in [6.45, 7) is 0.116. The van der Waals surface area contributed by atoms with Gasteiger partial charge in [0, 0.05) is 21.5 Å². The van der Waals surface area contributed by atoms with Gasteiger partial charge in [-0.15, -0.1) is 0 Å². The highest BCUT2D eigenvalue weighted by Crippen LogP contribution is 2.33. The van der Waals surface area contributed by atoms with E-state index in [2.05, 4.69) is 5.10 Å². The Bertz CT molecular complexity index is 1080. The number of alkyl halides is 3. The fourth-order valence-corrected chi connectivity index (χ4v) is 3.10. The fraction of sp³-hybridized carbons (Fsp3) is 0.111. The molecule has 0 spiro atoms. The minimum absolute atomic E-state index is 0.116. The quantitative estimate of drug-likeness (QED) is 0.279. The Hall–Kier alpha value is -2.55. The molecule has 1 amide bonds. The Labute approximate surface area is 167 Å². The lowest BCUT2D eigenvalue weighted by Gasteiger charge is -2.09. The number of hydrazine groups is 1. The van der Waals surface area contributed by atoms with Crippen LogP contribution in [0.1, 0.15) is 16.8 Å². The van der Waals surface area contributed by atoms with Gasteiger partial charge in [-0.25, -0.2) is 5.84 Å². The molecule has 0 saturated heterocycles. The van der Waals surface area contributed by atoms with E-state index in [0.29, 0.717) is 26.7 Å². The van der Waals surface area contributed by atoms with Crippen molar-refractivity contribution in [2.75, 3.05) is 0 Å². The Balaban J connectivity index is 2.13. The number of carbonyl (C=O) groups is 1. The number of hydrogen-bond acceptors (Lipinski definition) is 3. The molecule has 28 heavy (non-hydrogen) atoms. The summed E-state index contributed by atoms with van der Waals surface area (Å²) in [5.41, 5.74) is 2.31. The third-order valence-electron chi connectivity index (χ3n) is 3.98. The molecule has 0 unspecified atom stereocenters. The average molecular weight is 429 g/mol. The SMILES string of the molecule is NNC(=O)C=Cc1nn(Cc2ccc(Cl)cc2Cl)c2cc(C(F)(F)F)ccc12. The first-order valence-corrected chi connectivity index (χ1v) is 8.65. The van der Waals surface area contributed by atoms with Crippen LogP contribution in [-0.2, 0) is 17.5 Å². The van der Waals surface area contributed by atoms with Gasteiger partial charge in [0.05, 0.1) is 23.3 Å². The van der Waals surface area contributed by atoms with Gasteiger partial charge < -0.3 is 0 Å². The summed E-state index contributed by atoms with van der Waals surface area (Å²) < 4.78 is 40.8. The molecule has 146 valence electrons. The number of halogens is 5. The van der Waals surface area contributed by atoms with Crippen molar-refractivity contribution in [1.29, 1.82) is 0 Å². The Morgan fingerprint density at radius 1 is 1.21 bits per heavy atom. The second-order valence-corrected chi connectivity index (χ2v) is 6.69. The molecule has 1 aromatic heterocycles. The third kappa shape index (κ3) is 4.30.